The molecule has 2 aromatic heterocycles. The molecular weight excluding hydrogens is 595 g/mol. The Kier molecular flexibility index (Phi) is 6.80. The number of nitrogens with zero attached hydrogens (tertiary/aromatic N) is 3. The first-order chi connectivity index (χ1) is 24.0. The zero-order valence-corrected chi connectivity index (χ0v) is 27.4. The summed E-state index contributed by atoms with van der Waals surface area (Å²) in [7, 11) is 0. The highest BCUT2D eigenvalue weighted by molar-refractivity contribution is 6.03. The minimum atomic E-state index is -0.0446. The maximum atomic E-state index is 5.06. The van der Waals surface area contributed by atoms with Crippen LogP contribution < -0.4 is 0 Å². The van der Waals surface area contributed by atoms with E-state index in [4.69, 9.17) is 9.97 Å². The van der Waals surface area contributed by atoms with Gasteiger partial charge in [-0.1, -0.05) is 147 Å². The van der Waals surface area contributed by atoms with Crippen LogP contribution in [0.25, 0.3) is 78.2 Å². The molecule has 3 nitrogen and oxygen atoms in total. The molecule has 0 amide bonds. The van der Waals surface area contributed by atoms with Crippen LogP contribution in [0.3, 0.4) is 0 Å². The lowest BCUT2D eigenvalue weighted by Gasteiger charge is -2.21. The molecule has 1 aliphatic carbocycles. The maximum absolute atomic E-state index is 5.06. The van der Waals surface area contributed by atoms with E-state index in [2.05, 4.69) is 140 Å². The van der Waals surface area contributed by atoms with Crippen molar-refractivity contribution < 1.29 is 0 Å². The fourth-order valence-corrected chi connectivity index (χ4v) is 7.34. The Labute approximate surface area is 286 Å². The summed E-state index contributed by atoms with van der Waals surface area (Å²) in [6, 6.07) is 55.8. The van der Waals surface area contributed by atoms with Crippen molar-refractivity contribution in [2.45, 2.75) is 19.3 Å². The molecule has 49 heavy (non-hydrogen) atoms. The lowest BCUT2D eigenvalue weighted by atomic mass is 9.82. The van der Waals surface area contributed by atoms with Crippen molar-refractivity contribution in [3.63, 3.8) is 0 Å². The van der Waals surface area contributed by atoms with Gasteiger partial charge in [-0.25, -0.2) is 9.97 Å². The van der Waals surface area contributed by atoms with E-state index in [-0.39, 0.29) is 5.41 Å². The lowest BCUT2D eigenvalue weighted by Crippen LogP contribution is -2.14. The quantitative estimate of drug-likeness (QED) is 0.191. The fraction of sp³-hybridized carbons (Fsp3) is 0.0652. The first kappa shape index (κ1) is 29.0. The minimum Gasteiger partial charge on any atom is -0.256 e. The van der Waals surface area contributed by atoms with Gasteiger partial charge in [-0.15, -0.1) is 0 Å². The largest absolute Gasteiger partial charge is 0.256 e. The van der Waals surface area contributed by atoms with Gasteiger partial charge in [-0.2, -0.15) is 0 Å². The van der Waals surface area contributed by atoms with E-state index >= 15 is 0 Å². The zero-order valence-electron chi connectivity index (χ0n) is 27.4. The summed E-state index contributed by atoms with van der Waals surface area (Å²) >= 11 is 0. The van der Waals surface area contributed by atoms with Crippen molar-refractivity contribution in [3.05, 3.63) is 175 Å². The molecule has 8 aromatic rings. The molecule has 9 rings (SSSR count). The summed E-state index contributed by atoms with van der Waals surface area (Å²) in [5.74, 6) is 0.707. The smallest absolute Gasteiger partial charge is 0.160 e. The van der Waals surface area contributed by atoms with Crippen LogP contribution in [-0.4, -0.2) is 15.0 Å². The van der Waals surface area contributed by atoms with Gasteiger partial charge in [-0.05, 0) is 68.4 Å². The van der Waals surface area contributed by atoms with E-state index in [1.807, 2.05) is 42.6 Å². The van der Waals surface area contributed by atoms with E-state index in [0.29, 0.717) is 5.82 Å². The molecule has 1 aliphatic rings. The predicted molar refractivity (Wildman–Crippen MR) is 202 cm³/mol. The summed E-state index contributed by atoms with van der Waals surface area (Å²) in [6.45, 7) is 4.69. The number of rotatable bonds is 5. The number of pyridine rings is 1. The van der Waals surface area contributed by atoms with Crippen molar-refractivity contribution >= 4 is 10.8 Å². The summed E-state index contributed by atoms with van der Waals surface area (Å²) in [6.07, 6.45) is 1.82. The average molecular weight is 628 g/mol. The Balaban J connectivity index is 1.10. The van der Waals surface area contributed by atoms with Crippen LogP contribution in [0.4, 0.5) is 0 Å². The highest BCUT2D eigenvalue weighted by atomic mass is 14.9. The van der Waals surface area contributed by atoms with Crippen molar-refractivity contribution in [3.8, 4) is 67.4 Å². The van der Waals surface area contributed by atoms with E-state index in [0.717, 1.165) is 39.3 Å². The van der Waals surface area contributed by atoms with Gasteiger partial charge in [0.25, 0.3) is 0 Å². The highest BCUT2D eigenvalue weighted by Crippen LogP contribution is 2.52. The standard InChI is InChI=1S/C46H33N3/c1-46(2)39-25-24-36(28-38(39)44-37-13-7-6-10-31(37)23-26-40(44)46)30-15-17-33(18-16-30)42-29-43(49-45(48-42)35-11-4-3-5-12-35)34-21-19-32(20-22-34)41-14-8-9-27-47-41/h3-29H,1-2H3. The molecule has 0 radical (unpaired) electrons. The zero-order chi connectivity index (χ0) is 33.0. The Bertz CT molecular complexity index is 2480. The molecule has 0 saturated carbocycles. The number of aromatic nitrogens is 3. The Morgan fingerprint density at radius 3 is 1.71 bits per heavy atom. The van der Waals surface area contributed by atoms with Crippen LogP contribution in [0.15, 0.2) is 164 Å². The molecule has 6 aromatic carbocycles. The van der Waals surface area contributed by atoms with Crippen LogP contribution in [0, 0.1) is 0 Å². The van der Waals surface area contributed by atoms with Gasteiger partial charge in [0.15, 0.2) is 5.82 Å². The van der Waals surface area contributed by atoms with E-state index in [1.165, 1.54) is 44.2 Å². The molecule has 0 spiro atoms. The highest BCUT2D eigenvalue weighted by Gasteiger charge is 2.36. The first-order valence-corrected chi connectivity index (χ1v) is 16.8. The number of benzene rings is 6. The van der Waals surface area contributed by atoms with E-state index in [9.17, 15) is 0 Å². The second kappa shape index (κ2) is 11.5. The summed E-state index contributed by atoms with van der Waals surface area (Å²) in [4.78, 5) is 14.6. The van der Waals surface area contributed by atoms with Crippen molar-refractivity contribution in [1.82, 2.24) is 15.0 Å². The van der Waals surface area contributed by atoms with Gasteiger partial charge in [0.05, 0.1) is 17.1 Å². The van der Waals surface area contributed by atoms with E-state index < -0.39 is 0 Å². The molecule has 0 aliphatic heterocycles. The average Bonchev–Trinajstić information content (AvgIpc) is 3.41. The maximum Gasteiger partial charge on any atom is 0.160 e. The van der Waals surface area contributed by atoms with Gasteiger partial charge in [0, 0.05) is 33.9 Å². The van der Waals surface area contributed by atoms with Crippen molar-refractivity contribution in [1.29, 1.82) is 0 Å². The molecule has 2 heterocycles. The third kappa shape index (κ3) is 5.03. The Hall–Kier alpha value is -6.19. The monoisotopic (exact) mass is 627 g/mol. The molecule has 0 unspecified atom stereocenters. The van der Waals surface area contributed by atoms with Gasteiger partial charge >= 0.3 is 0 Å². The Morgan fingerprint density at radius 2 is 1.02 bits per heavy atom. The minimum absolute atomic E-state index is 0.0446. The van der Waals surface area contributed by atoms with Crippen LogP contribution in [0.2, 0.25) is 0 Å². The predicted octanol–water partition coefficient (Wildman–Crippen LogP) is 11.7. The molecule has 0 saturated heterocycles. The van der Waals surface area contributed by atoms with Crippen LogP contribution >= 0.6 is 0 Å². The van der Waals surface area contributed by atoms with Crippen molar-refractivity contribution in [2.75, 3.05) is 0 Å². The van der Waals surface area contributed by atoms with Crippen LogP contribution in [0.1, 0.15) is 25.0 Å². The number of fused-ring (bicyclic) bond motifs is 5. The molecule has 0 N–H and O–H groups in total. The number of hydrogen-bond donors (Lipinski definition) is 0. The SMILES string of the molecule is CC1(C)c2ccc(-c3ccc(-c4cc(-c5ccc(-c6ccccn6)cc5)nc(-c5ccccc5)n4)cc3)cc2-c2c1ccc1ccccc21. The molecular formula is C46H33N3. The molecule has 232 valence electrons. The van der Waals surface area contributed by atoms with Crippen molar-refractivity contribution in [2.24, 2.45) is 0 Å². The molecule has 3 heteroatoms. The van der Waals surface area contributed by atoms with E-state index in [1.54, 1.807) is 0 Å². The summed E-state index contributed by atoms with van der Waals surface area (Å²) in [5, 5.41) is 2.60. The number of hydrogen-bond acceptors (Lipinski definition) is 3. The van der Waals surface area contributed by atoms with Gasteiger partial charge in [-0.3, -0.25) is 4.98 Å². The fourth-order valence-electron chi connectivity index (χ4n) is 7.34. The molecule has 0 fully saturated rings. The second-order valence-corrected chi connectivity index (χ2v) is 13.3. The topological polar surface area (TPSA) is 38.7 Å². The third-order valence-corrected chi connectivity index (χ3v) is 9.98. The summed E-state index contributed by atoms with van der Waals surface area (Å²) < 4.78 is 0. The summed E-state index contributed by atoms with van der Waals surface area (Å²) in [5.41, 5.74) is 14.7. The van der Waals surface area contributed by atoms with Crippen LogP contribution in [-0.2, 0) is 5.41 Å². The van der Waals surface area contributed by atoms with Gasteiger partial charge in [0.1, 0.15) is 0 Å². The third-order valence-electron chi connectivity index (χ3n) is 9.98. The van der Waals surface area contributed by atoms with Crippen LogP contribution in [0.5, 0.6) is 0 Å². The van der Waals surface area contributed by atoms with Gasteiger partial charge < -0.3 is 0 Å². The van der Waals surface area contributed by atoms with Gasteiger partial charge in [0.2, 0.25) is 0 Å². The normalized spacial score (nSPS) is 12.9. The lowest BCUT2D eigenvalue weighted by molar-refractivity contribution is 0.661. The second-order valence-electron chi connectivity index (χ2n) is 13.3. The molecule has 0 atom stereocenters. The molecule has 0 bridgehead atoms. The first-order valence-electron chi connectivity index (χ1n) is 16.8. The Morgan fingerprint density at radius 1 is 0.429 bits per heavy atom.